The summed E-state index contributed by atoms with van der Waals surface area (Å²) >= 11 is 0. The minimum atomic E-state index is -0.106. The zero-order valence-electron chi connectivity index (χ0n) is 9.59. The standard InChI is InChI=1S/C15H11NO2/c17-15-14-10-13(7-6-11(14)8-9-16-15)18-12-4-2-1-3-5-12/h1-10H,(H,16,17). The summed E-state index contributed by atoms with van der Waals surface area (Å²) in [6.45, 7) is 0. The minimum absolute atomic E-state index is 0.106. The molecule has 0 saturated heterocycles. The molecule has 3 aromatic rings. The maximum absolute atomic E-state index is 11.7. The van der Waals surface area contributed by atoms with Gasteiger partial charge in [0.15, 0.2) is 0 Å². The Morgan fingerprint density at radius 3 is 2.56 bits per heavy atom. The summed E-state index contributed by atoms with van der Waals surface area (Å²) in [4.78, 5) is 14.3. The smallest absolute Gasteiger partial charge is 0.255 e. The van der Waals surface area contributed by atoms with Crippen LogP contribution in [-0.4, -0.2) is 4.98 Å². The highest BCUT2D eigenvalue weighted by molar-refractivity contribution is 5.82. The van der Waals surface area contributed by atoms with Gasteiger partial charge in [-0.1, -0.05) is 24.3 Å². The van der Waals surface area contributed by atoms with Crippen molar-refractivity contribution >= 4 is 10.8 Å². The van der Waals surface area contributed by atoms with Gasteiger partial charge in [0.05, 0.1) is 5.39 Å². The molecule has 3 rings (SSSR count). The van der Waals surface area contributed by atoms with Crippen molar-refractivity contribution in [1.29, 1.82) is 0 Å². The summed E-state index contributed by atoms with van der Waals surface area (Å²) in [5.74, 6) is 1.41. The molecule has 1 aromatic heterocycles. The molecule has 1 heterocycles. The van der Waals surface area contributed by atoms with Gasteiger partial charge in [-0.05, 0) is 35.7 Å². The summed E-state index contributed by atoms with van der Waals surface area (Å²) in [6, 6.07) is 16.8. The molecule has 88 valence electrons. The molecule has 0 aliphatic carbocycles. The van der Waals surface area contributed by atoms with Crippen LogP contribution >= 0.6 is 0 Å². The van der Waals surface area contributed by atoms with E-state index in [1.165, 1.54) is 0 Å². The van der Waals surface area contributed by atoms with Crippen LogP contribution in [0, 0.1) is 0 Å². The van der Waals surface area contributed by atoms with Crippen LogP contribution in [0.1, 0.15) is 0 Å². The molecule has 0 saturated carbocycles. The first-order chi connectivity index (χ1) is 8.83. The molecule has 0 amide bonds. The Morgan fingerprint density at radius 2 is 1.72 bits per heavy atom. The Balaban J connectivity index is 2.04. The Bertz CT molecular complexity index is 732. The van der Waals surface area contributed by atoms with E-state index in [0.717, 1.165) is 11.1 Å². The number of hydrogen-bond donors (Lipinski definition) is 1. The molecule has 0 aliphatic rings. The molecule has 0 atom stereocenters. The van der Waals surface area contributed by atoms with Crippen LogP contribution in [0.5, 0.6) is 11.5 Å². The van der Waals surface area contributed by atoms with Crippen LogP contribution < -0.4 is 10.3 Å². The summed E-state index contributed by atoms with van der Waals surface area (Å²) in [5.41, 5.74) is -0.106. The molecule has 18 heavy (non-hydrogen) atoms. The fourth-order valence-corrected chi connectivity index (χ4v) is 1.85. The molecular formula is C15H11NO2. The first-order valence-electron chi connectivity index (χ1n) is 5.67. The number of hydrogen-bond acceptors (Lipinski definition) is 2. The maximum atomic E-state index is 11.7. The van der Waals surface area contributed by atoms with E-state index < -0.39 is 0 Å². The van der Waals surface area contributed by atoms with E-state index in [1.54, 1.807) is 12.3 Å². The predicted octanol–water partition coefficient (Wildman–Crippen LogP) is 3.32. The lowest BCUT2D eigenvalue weighted by molar-refractivity contribution is 0.483. The number of nitrogens with one attached hydrogen (secondary N) is 1. The van der Waals surface area contributed by atoms with Gasteiger partial charge in [0.1, 0.15) is 11.5 Å². The van der Waals surface area contributed by atoms with Crippen molar-refractivity contribution in [3.8, 4) is 11.5 Å². The van der Waals surface area contributed by atoms with Crippen molar-refractivity contribution in [2.45, 2.75) is 0 Å². The third kappa shape index (κ3) is 1.98. The highest BCUT2D eigenvalue weighted by Crippen LogP contribution is 2.23. The molecule has 0 spiro atoms. The third-order valence-electron chi connectivity index (χ3n) is 2.73. The minimum Gasteiger partial charge on any atom is -0.457 e. The van der Waals surface area contributed by atoms with Gasteiger partial charge < -0.3 is 9.72 Å². The van der Waals surface area contributed by atoms with Crippen molar-refractivity contribution < 1.29 is 4.74 Å². The Labute approximate surface area is 104 Å². The van der Waals surface area contributed by atoms with Gasteiger partial charge in [0.2, 0.25) is 0 Å². The molecule has 3 heteroatoms. The number of ether oxygens (including phenoxy) is 1. The van der Waals surface area contributed by atoms with E-state index in [2.05, 4.69) is 4.98 Å². The van der Waals surface area contributed by atoms with Gasteiger partial charge in [-0.15, -0.1) is 0 Å². The average molecular weight is 237 g/mol. The number of rotatable bonds is 2. The van der Waals surface area contributed by atoms with Gasteiger partial charge in [-0.2, -0.15) is 0 Å². The maximum Gasteiger partial charge on any atom is 0.255 e. The van der Waals surface area contributed by atoms with Crippen molar-refractivity contribution in [3.63, 3.8) is 0 Å². The Kier molecular flexibility index (Phi) is 2.57. The summed E-state index contributed by atoms with van der Waals surface area (Å²) in [5, 5.41) is 1.53. The number of aromatic nitrogens is 1. The van der Waals surface area contributed by atoms with E-state index in [-0.39, 0.29) is 5.56 Å². The number of fused-ring (bicyclic) bond motifs is 1. The highest BCUT2D eigenvalue weighted by atomic mass is 16.5. The number of para-hydroxylation sites is 1. The van der Waals surface area contributed by atoms with Crippen LogP contribution in [0.4, 0.5) is 0 Å². The molecule has 2 aromatic carbocycles. The second-order valence-corrected chi connectivity index (χ2v) is 3.97. The topological polar surface area (TPSA) is 42.1 Å². The first-order valence-corrected chi connectivity index (χ1v) is 5.67. The zero-order valence-corrected chi connectivity index (χ0v) is 9.59. The van der Waals surface area contributed by atoms with Crippen LogP contribution in [0.15, 0.2) is 65.6 Å². The van der Waals surface area contributed by atoms with Crippen LogP contribution in [0.25, 0.3) is 10.8 Å². The molecule has 0 unspecified atom stereocenters. The fourth-order valence-electron chi connectivity index (χ4n) is 1.85. The molecule has 1 N–H and O–H groups in total. The SMILES string of the molecule is O=c1[nH]ccc2ccc(Oc3ccccc3)cc12. The van der Waals surface area contributed by atoms with E-state index in [4.69, 9.17) is 4.74 Å². The van der Waals surface area contributed by atoms with E-state index in [9.17, 15) is 4.79 Å². The largest absolute Gasteiger partial charge is 0.457 e. The third-order valence-corrected chi connectivity index (χ3v) is 2.73. The van der Waals surface area contributed by atoms with Gasteiger partial charge >= 0.3 is 0 Å². The highest BCUT2D eigenvalue weighted by Gasteiger charge is 2.01. The lowest BCUT2D eigenvalue weighted by Crippen LogP contribution is -2.04. The molecular weight excluding hydrogens is 226 g/mol. The van der Waals surface area contributed by atoms with E-state index >= 15 is 0 Å². The van der Waals surface area contributed by atoms with Gasteiger partial charge in [-0.25, -0.2) is 0 Å². The van der Waals surface area contributed by atoms with E-state index in [0.29, 0.717) is 11.1 Å². The fraction of sp³-hybridized carbons (Fsp3) is 0. The Morgan fingerprint density at radius 1 is 0.889 bits per heavy atom. The van der Waals surface area contributed by atoms with Crippen molar-refractivity contribution in [2.75, 3.05) is 0 Å². The summed E-state index contributed by atoms with van der Waals surface area (Å²) in [6.07, 6.45) is 1.64. The first kappa shape index (κ1) is 10.6. The number of aromatic amines is 1. The predicted molar refractivity (Wildman–Crippen MR) is 71.1 cm³/mol. The van der Waals surface area contributed by atoms with Crippen molar-refractivity contribution in [2.24, 2.45) is 0 Å². The van der Waals surface area contributed by atoms with E-state index in [1.807, 2.05) is 48.5 Å². The molecule has 0 fully saturated rings. The number of H-pyrrole nitrogens is 1. The molecule has 0 aliphatic heterocycles. The van der Waals surface area contributed by atoms with Crippen LogP contribution in [0.2, 0.25) is 0 Å². The quantitative estimate of drug-likeness (QED) is 0.742. The summed E-state index contributed by atoms with van der Waals surface area (Å²) in [7, 11) is 0. The molecule has 0 radical (unpaired) electrons. The second-order valence-electron chi connectivity index (χ2n) is 3.97. The van der Waals surface area contributed by atoms with Crippen LogP contribution in [0.3, 0.4) is 0 Å². The van der Waals surface area contributed by atoms with Gasteiger partial charge in [0, 0.05) is 6.20 Å². The van der Waals surface area contributed by atoms with Crippen molar-refractivity contribution in [3.05, 3.63) is 71.1 Å². The molecule has 3 nitrogen and oxygen atoms in total. The zero-order chi connectivity index (χ0) is 12.4. The average Bonchev–Trinajstić information content (AvgIpc) is 2.41. The van der Waals surface area contributed by atoms with Gasteiger partial charge in [0.25, 0.3) is 5.56 Å². The van der Waals surface area contributed by atoms with Gasteiger partial charge in [-0.3, -0.25) is 4.79 Å². The monoisotopic (exact) mass is 237 g/mol. The number of benzene rings is 2. The lowest BCUT2D eigenvalue weighted by Gasteiger charge is -2.06. The second kappa shape index (κ2) is 4.37. The molecule has 0 bridgehead atoms. The normalized spacial score (nSPS) is 10.4. The van der Waals surface area contributed by atoms with Crippen molar-refractivity contribution in [1.82, 2.24) is 4.98 Å². The number of pyridine rings is 1. The van der Waals surface area contributed by atoms with Crippen LogP contribution in [-0.2, 0) is 0 Å². The Hall–Kier alpha value is -2.55. The summed E-state index contributed by atoms with van der Waals surface area (Å²) < 4.78 is 5.69. The lowest BCUT2D eigenvalue weighted by atomic mass is 10.2.